The third kappa shape index (κ3) is 2.28. The molecule has 130 valence electrons. The second kappa shape index (κ2) is 5.81. The minimum atomic E-state index is 0.293. The molecule has 1 aliphatic heterocycles. The van der Waals surface area contributed by atoms with E-state index in [9.17, 15) is 0 Å². The number of rotatable bonds is 2. The van der Waals surface area contributed by atoms with Crippen molar-refractivity contribution in [3.63, 3.8) is 0 Å². The first-order valence-electron chi connectivity index (χ1n) is 8.65. The number of piperidine rings is 1. The lowest BCUT2D eigenvalue weighted by atomic mass is 9.86. The fourth-order valence-corrected chi connectivity index (χ4v) is 4.55. The van der Waals surface area contributed by atoms with Gasteiger partial charge in [-0.15, -0.1) is 0 Å². The number of nitrogens with zero attached hydrogens (tertiary/aromatic N) is 6. The number of aromatic nitrogens is 5. The Kier molecular flexibility index (Phi) is 3.43. The molecule has 4 aromatic rings. The number of nitrogens with one attached hydrogen (secondary N) is 1. The van der Waals surface area contributed by atoms with E-state index in [1.54, 1.807) is 6.20 Å². The predicted octanol–water partition coefficient (Wildman–Crippen LogP) is 3.17. The molecule has 7 nitrogen and oxygen atoms in total. The molecule has 1 fully saturated rings. The van der Waals surface area contributed by atoms with Gasteiger partial charge in [-0.3, -0.25) is 4.40 Å². The van der Waals surface area contributed by atoms with Crippen LogP contribution in [0.3, 0.4) is 0 Å². The van der Waals surface area contributed by atoms with E-state index < -0.39 is 0 Å². The van der Waals surface area contributed by atoms with Crippen LogP contribution in [-0.2, 0) is 0 Å². The third-order valence-corrected chi connectivity index (χ3v) is 6.21. The number of thiazole rings is 1. The van der Waals surface area contributed by atoms with E-state index in [2.05, 4.69) is 37.2 Å². The minimum Gasteiger partial charge on any atom is -0.347 e. The highest BCUT2D eigenvalue weighted by Gasteiger charge is 2.32. The molecule has 1 saturated heterocycles. The number of anilines is 1. The lowest BCUT2D eigenvalue weighted by Crippen LogP contribution is -2.39. The number of H-pyrrole nitrogens is 1. The lowest BCUT2D eigenvalue weighted by Gasteiger charge is -2.36. The summed E-state index contributed by atoms with van der Waals surface area (Å²) in [5.41, 5.74) is 2.94. The summed E-state index contributed by atoms with van der Waals surface area (Å²) in [6.07, 6.45) is 8.41. The van der Waals surface area contributed by atoms with Crippen molar-refractivity contribution in [3.05, 3.63) is 41.6 Å². The Labute approximate surface area is 153 Å². The van der Waals surface area contributed by atoms with Gasteiger partial charge in [0.05, 0.1) is 29.6 Å². The summed E-state index contributed by atoms with van der Waals surface area (Å²) in [6.45, 7) is 4.11. The average Bonchev–Trinajstić information content (AvgIpc) is 3.39. The van der Waals surface area contributed by atoms with Crippen molar-refractivity contribution in [1.82, 2.24) is 24.3 Å². The van der Waals surface area contributed by atoms with Gasteiger partial charge < -0.3 is 9.88 Å². The number of imidazole rings is 1. The highest BCUT2D eigenvalue weighted by Crippen LogP contribution is 2.36. The average molecular weight is 363 g/mol. The van der Waals surface area contributed by atoms with Gasteiger partial charge in [0.1, 0.15) is 16.8 Å². The quantitative estimate of drug-likeness (QED) is 0.591. The Hall–Kier alpha value is -2.92. The van der Waals surface area contributed by atoms with Crippen molar-refractivity contribution >= 4 is 33.1 Å². The van der Waals surface area contributed by atoms with Gasteiger partial charge in [-0.05, 0) is 18.4 Å². The number of aromatic amines is 1. The van der Waals surface area contributed by atoms with Crippen LogP contribution in [0.1, 0.15) is 30.0 Å². The summed E-state index contributed by atoms with van der Waals surface area (Å²) in [4.78, 5) is 19.8. The van der Waals surface area contributed by atoms with Crippen LogP contribution in [0.2, 0.25) is 0 Å². The van der Waals surface area contributed by atoms with Crippen LogP contribution in [0.5, 0.6) is 0 Å². The predicted molar refractivity (Wildman–Crippen MR) is 100 cm³/mol. The molecule has 0 radical (unpaired) electrons. The number of nitriles is 1. The van der Waals surface area contributed by atoms with Crippen molar-refractivity contribution in [3.8, 4) is 6.07 Å². The van der Waals surface area contributed by atoms with Crippen LogP contribution in [0, 0.1) is 17.2 Å². The maximum atomic E-state index is 9.07. The topological polar surface area (TPSA) is 85.9 Å². The zero-order valence-corrected chi connectivity index (χ0v) is 15.1. The van der Waals surface area contributed by atoms with Crippen LogP contribution in [-0.4, -0.2) is 37.4 Å². The molecule has 26 heavy (non-hydrogen) atoms. The van der Waals surface area contributed by atoms with E-state index in [-0.39, 0.29) is 0 Å². The SMILES string of the molecule is C[C@H]1CCN(c2ncc(C#N)s2)C[C@H]1c1ncc2cnc3[nH]ccc3n12. The maximum absolute atomic E-state index is 9.07. The summed E-state index contributed by atoms with van der Waals surface area (Å²) in [7, 11) is 0. The maximum Gasteiger partial charge on any atom is 0.186 e. The molecule has 0 bridgehead atoms. The van der Waals surface area contributed by atoms with E-state index in [1.807, 2.05) is 24.7 Å². The van der Waals surface area contributed by atoms with Crippen molar-refractivity contribution in [2.24, 2.45) is 5.92 Å². The van der Waals surface area contributed by atoms with Crippen LogP contribution < -0.4 is 4.90 Å². The molecule has 0 aromatic carbocycles. The number of hydrogen-bond donors (Lipinski definition) is 1. The molecule has 5 heterocycles. The second-order valence-corrected chi connectivity index (χ2v) is 7.79. The molecule has 0 saturated carbocycles. The Morgan fingerprint density at radius 3 is 3.00 bits per heavy atom. The smallest absolute Gasteiger partial charge is 0.186 e. The van der Waals surface area contributed by atoms with E-state index >= 15 is 0 Å². The fraction of sp³-hybridized carbons (Fsp3) is 0.333. The normalized spacial score (nSPS) is 20.7. The van der Waals surface area contributed by atoms with Gasteiger partial charge in [0.25, 0.3) is 0 Å². The highest BCUT2D eigenvalue weighted by atomic mass is 32.1. The minimum absolute atomic E-state index is 0.293. The second-order valence-electron chi connectivity index (χ2n) is 6.78. The van der Waals surface area contributed by atoms with Crippen molar-refractivity contribution in [2.75, 3.05) is 18.0 Å². The van der Waals surface area contributed by atoms with Crippen molar-refractivity contribution < 1.29 is 0 Å². The fourth-order valence-electron chi connectivity index (χ4n) is 3.80. The van der Waals surface area contributed by atoms with E-state index in [1.165, 1.54) is 11.3 Å². The molecule has 2 atom stereocenters. The zero-order chi connectivity index (χ0) is 17.7. The molecule has 4 aromatic heterocycles. The van der Waals surface area contributed by atoms with Crippen LogP contribution in [0.4, 0.5) is 5.13 Å². The largest absolute Gasteiger partial charge is 0.347 e. The monoisotopic (exact) mass is 363 g/mol. The zero-order valence-electron chi connectivity index (χ0n) is 14.3. The summed E-state index contributed by atoms with van der Waals surface area (Å²) in [5.74, 6) is 1.89. The van der Waals surface area contributed by atoms with Crippen LogP contribution >= 0.6 is 11.3 Å². The van der Waals surface area contributed by atoms with Gasteiger partial charge in [-0.2, -0.15) is 5.26 Å². The Morgan fingerprint density at radius 1 is 1.27 bits per heavy atom. The highest BCUT2D eigenvalue weighted by molar-refractivity contribution is 7.16. The van der Waals surface area contributed by atoms with Gasteiger partial charge in [-0.1, -0.05) is 18.3 Å². The van der Waals surface area contributed by atoms with Gasteiger partial charge in [0, 0.05) is 25.2 Å². The molecule has 1 aliphatic rings. The molecular formula is C18H17N7S. The first-order valence-corrected chi connectivity index (χ1v) is 9.46. The summed E-state index contributed by atoms with van der Waals surface area (Å²) >= 11 is 1.46. The molecule has 0 spiro atoms. The Bertz CT molecular complexity index is 1130. The summed E-state index contributed by atoms with van der Waals surface area (Å²) in [6, 6.07) is 4.23. The number of hydrogen-bond acceptors (Lipinski definition) is 6. The van der Waals surface area contributed by atoms with E-state index in [4.69, 9.17) is 10.2 Å². The van der Waals surface area contributed by atoms with E-state index in [0.717, 1.165) is 47.1 Å². The number of fused-ring (bicyclic) bond motifs is 3. The molecule has 0 aliphatic carbocycles. The summed E-state index contributed by atoms with van der Waals surface area (Å²) in [5, 5.41) is 10.00. The molecule has 1 N–H and O–H groups in total. The Morgan fingerprint density at radius 2 is 2.15 bits per heavy atom. The summed E-state index contributed by atoms with van der Waals surface area (Å²) < 4.78 is 2.21. The van der Waals surface area contributed by atoms with Gasteiger partial charge in [0.2, 0.25) is 0 Å². The first kappa shape index (κ1) is 15.3. The van der Waals surface area contributed by atoms with Gasteiger partial charge in [-0.25, -0.2) is 15.0 Å². The Balaban J connectivity index is 1.57. The lowest BCUT2D eigenvalue weighted by molar-refractivity contribution is 0.367. The molecule has 8 heteroatoms. The van der Waals surface area contributed by atoms with Gasteiger partial charge in [0.15, 0.2) is 10.8 Å². The van der Waals surface area contributed by atoms with Crippen LogP contribution in [0.15, 0.2) is 30.9 Å². The van der Waals surface area contributed by atoms with Crippen molar-refractivity contribution in [2.45, 2.75) is 19.3 Å². The third-order valence-electron chi connectivity index (χ3n) is 5.25. The molecule has 5 rings (SSSR count). The van der Waals surface area contributed by atoms with Crippen molar-refractivity contribution in [1.29, 1.82) is 5.26 Å². The molecular weight excluding hydrogens is 346 g/mol. The van der Waals surface area contributed by atoms with E-state index in [0.29, 0.717) is 16.7 Å². The van der Waals surface area contributed by atoms with Gasteiger partial charge >= 0.3 is 0 Å². The molecule has 0 amide bonds. The first-order chi connectivity index (χ1) is 12.7. The standard InChI is InChI=1S/C18H17N7S/c1-11-3-5-24(18-23-9-13(6-19)26-18)10-14(11)17-22-8-12-7-21-16-15(25(12)17)2-4-20-16/h2,4,7-9,11,14,20H,3,5,10H2,1H3/t11-,14+/m0/s1. The van der Waals surface area contributed by atoms with Crippen LogP contribution in [0.25, 0.3) is 16.7 Å². The molecule has 0 unspecified atom stereocenters.